The second-order valence-corrected chi connectivity index (χ2v) is 9.81. The Balaban J connectivity index is 2.14. The topological polar surface area (TPSA) is 80.8 Å². The molecule has 0 saturated carbocycles. The number of sulfonamides is 1. The Kier molecular flexibility index (Phi) is 6.22. The number of rotatable bonds is 8. The maximum Gasteiger partial charge on any atom is 0.243 e. The maximum absolute atomic E-state index is 12.6. The molecule has 0 spiro atoms. The third-order valence-electron chi connectivity index (χ3n) is 3.66. The maximum atomic E-state index is 12.6. The van der Waals surface area contributed by atoms with Crippen molar-refractivity contribution in [3.8, 4) is 5.75 Å². The van der Waals surface area contributed by atoms with Crippen LogP contribution in [0.3, 0.4) is 0 Å². The summed E-state index contributed by atoms with van der Waals surface area (Å²) in [6.45, 7) is 4.15. The molecule has 0 aliphatic rings. The van der Waals surface area contributed by atoms with Crippen LogP contribution in [0.15, 0.2) is 71.0 Å². The van der Waals surface area contributed by atoms with Crippen molar-refractivity contribution in [1.29, 1.82) is 0 Å². The molecule has 8 heteroatoms. The van der Waals surface area contributed by atoms with E-state index < -0.39 is 19.9 Å². The highest BCUT2D eigenvalue weighted by Crippen LogP contribution is 2.20. The van der Waals surface area contributed by atoms with Crippen molar-refractivity contribution in [1.82, 2.24) is 4.31 Å². The molecule has 0 amide bonds. The van der Waals surface area contributed by atoms with Gasteiger partial charge in [-0.3, -0.25) is 0 Å². The van der Waals surface area contributed by atoms with Crippen LogP contribution >= 0.6 is 0 Å². The summed E-state index contributed by atoms with van der Waals surface area (Å²) in [5.74, 6) is 0.676. The van der Waals surface area contributed by atoms with E-state index in [0.29, 0.717) is 12.4 Å². The van der Waals surface area contributed by atoms with E-state index in [9.17, 15) is 16.8 Å². The molecule has 2 aromatic carbocycles. The standard InChI is InChI=1S/C18H21NO5S2/c1-4-13-24-16-7-5-15(6-8-16)14-19(2)26(22,23)18-11-9-17(10-12-18)25(3,20)21/h4-12H,1,13-14H2,2-3H3. The van der Waals surface area contributed by atoms with Crippen molar-refractivity contribution in [2.75, 3.05) is 19.9 Å². The summed E-state index contributed by atoms with van der Waals surface area (Å²) >= 11 is 0. The van der Waals surface area contributed by atoms with E-state index in [2.05, 4.69) is 6.58 Å². The van der Waals surface area contributed by atoms with E-state index in [4.69, 9.17) is 4.74 Å². The highest BCUT2D eigenvalue weighted by molar-refractivity contribution is 7.90. The molecule has 0 saturated heterocycles. The van der Waals surface area contributed by atoms with Gasteiger partial charge in [0.1, 0.15) is 12.4 Å². The van der Waals surface area contributed by atoms with Gasteiger partial charge in [-0.2, -0.15) is 4.31 Å². The molecule has 140 valence electrons. The molecule has 26 heavy (non-hydrogen) atoms. The Hall–Kier alpha value is -2.16. The largest absolute Gasteiger partial charge is 0.490 e. The highest BCUT2D eigenvalue weighted by atomic mass is 32.2. The molecule has 0 atom stereocenters. The van der Waals surface area contributed by atoms with Crippen LogP contribution in [-0.2, 0) is 26.4 Å². The van der Waals surface area contributed by atoms with E-state index in [1.807, 2.05) is 0 Å². The van der Waals surface area contributed by atoms with E-state index in [1.54, 1.807) is 30.3 Å². The fraction of sp³-hybridized carbons (Fsp3) is 0.222. The first-order valence-corrected chi connectivity index (χ1v) is 11.1. The van der Waals surface area contributed by atoms with Crippen LogP contribution in [0.5, 0.6) is 5.75 Å². The predicted molar refractivity (Wildman–Crippen MR) is 100 cm³/mol. The number of ether oxygens (including phenoxy) is 1. The summed E-state index contributed by atoms with van der Waals surface area (Å²) in [5, 5.41) is 0. The normalized spacial score (nSPS) is 12.1. The summed E-state index contributed by atoms with van der Waals surface area (Å²) in [6, 6.07) is 12.3. The van der Waals surface area contributed by atoms with Crippen molar-refractivity contribution in [3.63, 3.8) is 0 Å². The van der Waals surface area contributed by atoms with Crippen molar-refractivity contribution in [3.05, 3.63) is 66.7 Å². The van der Waals surface area contributed by atoms with Gasteiger partial charge in [-0.15, -0.1) is 0 Å². The van der Waals surface area contributed by atoms with Gasteiger partial charge in [0.2, 0.25) is 10.0 Å². The molecule has 0 unspecified atom stereocenters. The lowest BCUT2D eigenvalue weighted by atomic mass is 10.2. The number of benzene rings is 2. The van der Waals surface area contributed by atoms with Crippen LogP contribution in [-0.4, -0.2) is 41.1 Å². The Morgan fingerprint density at radius 3 is 2.00 bits per heavy atom. The average molecular weight is 396 g/mol. The van der Waals surface area contributed by atoms with Gasteiger partial charge >= 0.3 is 0 Å². The molecule has 0 fully saturated rings. The Morgan fingerprint density at radius 1 is 0.962 bits per heavy atom. The molecule has 0 bridgehead atoms. The first-order chi connectivity index (χ1) is 12.1. The zero-order valence-electron chi connectivity index (χ0n) is 14.6. The fourth-order valence-corrected chi connectivity index (χ4v) is 4.02. The zero-order chi connectivity index (χ0) is 19.4. The lowest BCUT2D eigenvalue weighted by molar-refractivity contribution is 0.363. The van der Waals surface area contributed by atoms with Gasteiger partial charge in [0.05, 0.1) is 9.79 Å². The molecule has 2 aromatic rings. The molecule has 0 aliphatic heterocycles. The fourth-order valence-electron chi connectivity index (χ4n) is 2.23. The SMILES string of the molecule is C=CCOc1ccc(CN(C)S(=O)(=O)c2ccc(S(C)(=O)=O)cc2)cc1. The molecule has 0 N–H and O–H groups in total. The van der Waals surface area contributed by atoms with Crippen molar-refractivity contribution in [2.45, 2.75) is 16.3 Å². The molecule has 0 heterocycles. The number of sulfone groups is 1. The van der Waals surface area contributed by atoms with E-state index in [1.165, 1.54) is 35.6 Å². The van der Waals surface area contributed by atoms with Gasteiger partial charge in [-0.1, -0.05) is 24.8 Å². The summed E-state index contributed by atoms with van der Waals surface area (Å²) in [7, 11) is -5.63. The van der Waals surface area contributed by atoms with Crippen LogP contribution in [0.25, 0.3) is 0 Å². The number of hydrogen-bond acceptors (Lipinski definition) is 5. The minimum atomic E-state index is -3.73. The number of nitrogens with zero attached hydrogens (tertiary/aromatic N) is 1. The zero-order valence-corrected chi connectivity index (χ0v) is 16.3. The van der Waals surface area contributed by atoms with Crippen LogP contribution in [0, 0.1) is 0 Å². The van der Waals surface area contributed by atoms with Crippen molar-refractivity contribution >= 4 is 19.9 Å². The van der Waals surface area contributed by atoms with Gasteiger partial charge < -0.3 is 4.74 Å². The summed E-state index contributed by atoms with van der Waals surface area (Å²) in [6.07, 6.45) is 2.72. The van der Waals surface area contributed by atoms with Gasteiger partial charge in [0.15, 0.2) is 9.84 Å². The third kappa shape index (κ3) is 4.94. The smallest absolute Gasteiger partial charge is 0.243 e. The first kappa shape index (κ1) is 20.2. The van der Waals surface area contributed by atoms with Crippen molar-refractivity contribution < 1.29 is 21.6 Å². The molecule has 6 nitrogen and oxygen atoms in total. The highest BCUT2D eigenvalue weighted by Gasteiger charge is 2.21. The van der Waals surface area contributed by atoms with Crippen LogP contribution in [0.2, 0.25) is 0 Å². The first-order valence-electron chi connectivity index (χ1n) is 7.73. The van der Waals surface area contributed by atoms with Gasteiger partial charge in [0, 0.05) is 19.8 Å². The van der Waals surface area contributed by atoms with E-state index >= 15 is 0 Å². The average Bonchev–Trinajstić information content (AvgIpc) is 2.60. The van der Waals surface area contributed by atoms with Gasteiger partial charge in [0.25, 0.3) is 0 Å². The summed E-state index contributed by atoms with van der Waals surface area (Å²) in [5.41, 5.74) is 0.801. The third-order valence-corrected chi connectivity index (χ3v) is 6.60. The quantitative estimate of drug-likeness (QED) is 0.642. The van der Waals surface area contributed by atoms with E-state index in [0.717, 1.165) is 11.8 Å². The predicted octanol–water partition coefficient (Wildman–Crippen LogP) is 2.48. The molecular formula is C18H21NO5S2. The van der Waals surface area contributed by atoms with Gasteiger partial charge in [-0.05, 0) is 42.0 Å². The Bertz CT molecular complexity index is 963. The van der Waals surface area contributed by atoms with Crippen LogP contribution < -0.4 is 4.74 Å². The molecule has 2 rings (SSSR count). The molecular weight excluding hydrogens is 374 g/mol. The lowest BCUT2D eigenvalue weighted by Gasteiger charge is -2.17. The monoisotopic (exact) mass is 395 g/mol. The van der Waals surface area contributed by atoms with Crippen molar-refractivity contribution in [2.24, 2.45) is 0 Å². The summed E-state index contributed by atoms with van der Waals surface area (Å²) in [4.78, 5) is 0.118. The molecule has 0 radical (unpaired) electrons. The number of hydrogen-bond donors (Lipinski definition) is 0. The lowest BCUT2D eigenvalue weighted by Crippen LogP contribution is -2.26. The minimum absolute atomic E-state index is 0.0401. The molecule has 0 aromatic heterocycles. The van der Waals surface area contributed by atoms with Crippen LogP contribution in [0.1, 0.15) is 5.56 Å². The molecule has 0 aliphatic carbocycles. The second-order valence-electron chi connectivity index (χ2n) is 5.75. The second kappa shape index (κ2) is 8.03. The minimum Gasteiger partial charge on any atom is -0.490 e. The van der Waals surface area contributed by atoms with E-state index in [-0.39, 0.29) is 16.3 Å². The van der Waals surface area contributed by atoms with Crippen LogP contribution in [0.4, 0.5) is 0 Å². The van der Waals surface area contributed by atoms with Gasteiger partial charge in [-0.25, -0.2) is 16.8 Å². The summed E-state index contributed by atoms with van der Waals surface area (Å²) < 4.78 is 54.9. The Labute approximate surface area is 154 Å². The Morgan fingerprint density at radius 2 is 1.50 bits per heavy atom.